The summed E-state index contributed by atoms with van der Waals surface area (Å²) < 4.78 is 5.29. The van der Waals surface area contributed by atoms with E-state index in [0.29, 0.717) is 29.9 Å². The van der Waals surface area contributed by atoms with Gasteiger partial charge >= 0.3 is 0 Å². The van der Waals surface area contributed by atoms with Crippen molar-refractivity contribution in [3.8, 4) is 0 Å². The summed E-state index contributed by atoms with van der Waals surface area (Å²) in [5, 5.41) is 8.25. The fraction of sp³-hybridized carbons (Fsp3) is 0.0870. The summed E-state index contributed by atoms with van der Waals surface area (Å²) >= 11 is 0. The minimum Gasteiger partial charge on any atom is -0.465 e. The van der Waals surface area contributed by atoms with Crippen LogP contribution in [0.3, 0.4) is 0 Å². The van der Waals surface area contributed by atoms with Gasteiger partial charge in [-0.3, -0.25) is 14.4 Å². The maximum Gasteiger partial charge on any atom is 0.272 e. The van der Waals surface area contributed by atoms with Gasteiger partial charge in [-0.15, -0.1) is 0 Å². The number of carbonyl (C=O) groups is 3. The van der Waals surface area contributed by atoms with Crippen molar-refractivity contribution in [2.75, 3.05) is 10.6 Å². The zero-order chi connectivity index (χ0) is 20.9. The molecule has 150 valence electrons. The first kappa shape index (κ1) is 19.2. The number of carbonyl (C=O) groups excluding carboxylic acids is 3. The van der Waals surface area contributed by atoms with Crippen molar-refractivity contribution in [1.82, 2.24) is 5.32 Å². The van der Waals surface area contributed by atoms with E-state index in [4.69, 9.17) is 4.42 Å². The lowest BCUT2D eigenvalue weighted by Crippen LogP contribution is -2.30. The van der Waals surface area contributed by atoms with E-state index in [0.717, 1.165) is 11.3 Å². The highest BCUT2D eigenvalue weighted by molar-refractivity contribution is 6.10. The van der Waals surface area contributed by atoms with Gasteiger partial charge in [-0.05, 0) is 54.4 Å². The van der Waals surface area contributed by atoms with E-state index in [-0.39, 0.29) is 11.6 Å². The van der Waals surface area contributed by atoms with Crippen molar-refractivity contribution in [1.29, 1.82) is 0 Å². The zero-order valence-corrected chi connectivity index (χ0v) is 16.0. The number of amides is 3. The number of hydrogen-bond acceptors (Lipinski definition) is 4. The Morgan fingerprint density at radius 2 is 1.83 bits per heavy atom. The number of fused-ring (bicyclic) bond motifs is 1. The van der Waals surface area contributed by atoms with Gasteiger partial charge in [0.05, 0.1) is 6.26 Å². The quantitative estimate of drug-likeness (QED) is 0.569. The smallest absolute Gasteiger partial charge is 0.272 e. The largest absolute Gasteiger partial charge is 0.465 e. The van der Waals surface area contributed by atoms with Crippen LogP contribution >= 0.6 is 0 Å². The van der Waals surface area contributed by atoms with Crippen molar-refractivity contribution >= 4 is 35.2 Å². The van der Waals surface area contributed by atoms with Crippen molar-refractivity contribution in [2.24, 2.45) is 0 Å². The van der Waals surface area contributed by atoms with Crippen LogP contribution in [0.4, 0.5) is 11.4 Å². The molecule has 1 aromatic heterocycles. The van der Waals surface area contributed by atoms with E-state index < -0.39 is 11.8 Å². The summed E-state index contributed by atoms with van der Waals surface area (Å²) in [7, 11) is 0. The Bertz CT molecular complexity index is 1120. The molecule has 1 aliphatic heterocycles. The Morgan fingerprint density at radius 1 is 1.00 bits per heavy atom. The molecule has 7 nitrogen and oxygen atoms in total. The molecule has 7 heteroatoms. The lowest BCUT2D eigenvalue weighted by molar-refractivity contribution is -0.116. The molecule has 0 unspecified atom stereocenters. The van der Waals surface area contributed by atoms with Crippen LogP contribution in [0.1, 0.15) is 28.1 Å². The topological polar surface area (TPSA) is 100 Å². The first-order valence-electron chi connectivity index (χ1n) is 9.44. The normalized spacial score (nSPS) is 13.2. The Morgan fingerprint density at radius 3 is 2.60 bits per heavy atom. The molecule has 0 spiro atoms. The summed E-state index contributed by atoms with van der Waals surface area (Å²) in [5.74, 6) is -0.486. The van der Waals surface area contributed by atoms with Gasteiger partial charge in [0.25, 0.3) is 11.8 Å². The van der Waals surface area contributed by atoms with Gasteiger partial charge in [0.1, 0.15) is 11.5 Å². The average molecular weight is 401 g/mol. The number of furan rings is 1. The SMILES string of the molecule is O=C1CCc2cc(NC(=O)C(=Cc3ccco3)NC(=O)c3ccccc3)ccc2N1. The van der Waals surface area contributed by atoms with E-state index in [1.54, 1.807) is 48.5 Å². The second-order valence-corrected chi connectivity index (χ2v) is 6.77. The Kier molecular flexibility index (Phi) is 5.43. The molecule has 0 fully saturated rings. The fourth-order valence-electron chi connectivity index (χ4n) is 3.12. The van der Waals surface area contributed by atoms with Crippen LogP contribution in [-0.2, 0) is 16.0 Å². The minimum atomic E-state index is -0.490. The van der Waals surface area contributed by atoms with Gasteiger partial charge in [-0.2, -0.15) is 0 Å². The van der Waals surface area contributed by atoms with Crippen molar-refractivity contribution < 1.29 is 18.8 Å². The molecular formula is C23H19N3O4. The van der Waals surface area contributed by atoms with Gasteiger partial charge in [0.2, 0.25) is 5.91 Å². The Hall–Kier alpha value is -4.13. The maximum absolute atomic E-state index is 12.9. The second-order valence-electron chi connectivity index (χ2n) is 6.77. The van der Waals surface area contributed by atoms with Crippen LogP contribution < -0.4 is 16.0 Å². The second kappa shape index (κ2) is 8.48. The molecule has 0 bridgehead atoms. The molecule has 2 heterocycles. The van der Waals surface area contributed by atoms with Gasteiger partial charge in [0, 0.05) is 29.4 Å². The predicted molar refractivity (Wildman–Crippen MR) is 113 cm³/mol. The van der Waals surface area contributed by atoms with E-state index >= 15 is 0 Å². The molecule has 0 saturated heterocycles. The summed E-state index contributed by atoms with van der Waals surface area (Å²) in [6.07, 6.45) is 3.96. The van der Waals surface area contributed by atoms with Crippen molar-refractivity contribution in [3.63, 3.8) is 0 Å². The van der Waals surface area contributed by atoms with Crippen LogP contribution in [0.5, 0.6) is 0 Å². The van der Waals surface area contributed by atoms with E-state index in [9.17, 15) is 14.4 Å². The van der Waals surface area contributed by atoms with Gasteiger partial charge in [-0.1, -0.05) is 18.2 Å². The van der Waals surface area contributed by atoms with Gasteiger partial charge < -0.3 is 20.4 Å². The standard InChI is InChI=1S/C23H19N3O4/c27-21-11-8-16-13-17(9-10-19(16)25-21)24-23(29)20(14-18-7-4-12-30-18)26-22(28)15-5-2-1-3-6-15/h1-7,9-10,12-14H,8,11H2,(H,24,29)(H,25,27)(H,26,28). The predicted octanol–water partition coefficient (Wildman–Crippen LogP) is 3.57. The number of hydrogen-bond donors (Lipinski definition) is 3. The lowest BCUT2D eigenvalue weighted by atomic mass is 10.0. The van der Waals surface area contributed by atoms with E-state index in [2.05, 4.69) is 16.0 Å². The number of aryl methyl sites for hydroxylation is 1. The van der Waals surface area contributed by atoms with Crippen LogP contribution in [0.25, 0.3) is 6.08 Å². The van der Waals surface area contributed by atoms with E-state index in [1.165, 1.54) is 12.3 Å². The molecule has 2 aromatic carbocycles. The number of rotatable bonds is 5. The van der Waals surface area contributed by atoms with Crippen LogP contribution in [-0.4, -0.2) is 17.7 Å². The molecule has 0 radical (unpaired) electrons. The summed E-state index contributed by atoms with van der Waals surface area (Å²) in [6.45, 7) is 0. The maximum atomic E-state index is 12.9. The molecule has 0 aliphatic carbocycles. The molecule has 3 N–H and O–H groups in total. The number of benzene rings is 2. The molecule has 3 amide bonds. The third-order valence-corrected chi connectivity index (χ3v) is 4.62. The first-order valence-corrected chi connectivity index (χ1v) is 9.44. The molecule has 1 aliphatic rings. The average Bonchev–Trinajstić information content (AvgIpc) is 3.27. The van der Waals surface area contributed by atoms with Gasteiger partial charge in [0.15, 0.2) is 0 Å². The van der Waals surface area contributed by atoms with Crippen LogP contribution in [0, 0.1) is 0 Å². The highest BCUT2D eigenvalue weighted by Gasteiger charge is 2.18. The summed E-state index contributed by atoms with van der Waals surface area (Å²) in [4.78, 5) is 37.0. The summed E-state index contributed by atoms with van der Waals surface area (Å²) in [6, 6.07) is 17.3. The number of anilines is 2. The molecule has 0 saturated carbocycles. The van der Waals surface area contributed by atoms with E-state index in [1.807, 2.05) is 12.1 Å². The molecular weight excluding hydrogens is 382 g/mol. The Balaban J connectivity index is 1.55. The third-order valence-electron chi connectivity index (χ3n) is 4.62. The molecule has 0 atom stereocenters. The van der Waals surface area contributed by atoms with Gasteiger partial charge in [-0.25, -0.2) is 0 Å². The summed E-state index contributed by atoms with van der Waals surface area (Å²) in [5.41, 5.74) is 2.73. The van der Waals surface area contributed by atoms with Crippen molar-refractivity contribution in [3.05, 3.63) is 89.5 Å². The highest BCUT2D eigenvalue weighted by atomic mass is 16.3. The van der Waals surface area contributed by atoms with Crippen molar-refractivity contribution in [2.45, 2.75) is 12.8 Å². The monoisotopic (exact) mass is 401 g/mol. The first-order chi connectivity index (χ1) is 14.6. The minimum absolute atomic E-state index is 0.0217. The van der Waals surface area contributed by atoms with Crippen LogP contribution in [0.2, 0.25) is 0 Å². The third kappa shape index (κ3) is 4.47. The molecule has 30 heavy (non-hydrogen) atoms. The lowest BCUT2D eigenvalue weighted by Gasteiger charge is -2.18. The zero-order valence-electron chi connectivity index (χ0n) is 16.0. The fourth-order valence-corrected chi connectivity index (χ4v) is 3.12. The Labute approximate surface area is 172 Å². The van der Waals surface area contributed by atoms with Crippen LogP contribution in [0.15, 0.2) is 77.0 Å². The molecule has 4 rings (SSSR count). The highest BCUT2D eigenvalue weighted by Crippen LogP contribution is 2.26. The number of nitrogens with one attached hydrogen (secondary N) is 3. The molecule has 3 aromatic rings.